The van der Waals surface area contributed by atoms with Crippen LogP contribution in [-0.4, -0.2) is 16.5 Å². The lowest BCUT2D eigenvalue weighted by Crippen LogP contribution is -2.04. The van der Waals surface area contributed by atoms with Gasteiger partial charge in [0, 0.05) is 0 Å². The molecule has 0 aliphatic rings. The number of nitrogens with zero attached hydrogens (tertiary/aromatic N) is 1. The van der Waals surface area contributed by atoms with Gasteiger partial charge in [-0.1, -0.05) is 4.91 Å². The fourth-order valence-electron chi connectivity index (χ4n) is 0.124. The lowest BCUT2D eigenvalue weighted by atomic mass is 11.4. The highest BCUT2D eigenvalue weighted by Crippen LogP contribution is 2.51. The topological polar surface area (TPSA) is 105 Å². The molecule has 8 heavy (non-hydrogen) atoms. The minimum absolute atomic E-state index is 0.424. The molecular formula is CH6N2O4P+. The molecule has 0 fully saturated rings. The van der Waals surface area contributed by atoms with Crippen molar-refractivity contribution in [2.75, 3.05) is 6.73 Å². The van der Waals surface area contributed by atoms with E-state index in [2.05, 4.69) is 10.3 Å². The van der Waals surface area contributed by atoms with Crippen LogP contribution >= 0.6 is 8.09 Å². The molecule has 0 bridgehead atoms. The van der Waals surface area contributed by atoms with Crippen molar-refractivity contribution in [2.45, 2.75) is 0 Å². The number of hydrogen-bond donors (Lipinski definition) is 3. The molecular weight excluding hydrogens is 135 g/mol. The van der Waals surface area contributed by atoms with Gasteiger partial charge < -0.3 is 5.73 Å². The maximum atomic E-state index is 9.34. The fraction of sp³-hybridized carbons (Fsp3) is 1.00. The quantitative estimate of drug-likeness (QED) is 0.275. The summed E-state index contributed by atoms with van der Waals surface area (Å²) in [5, 5.41) is 0. The van der Waals surface area contributed by atoms with E-state index in [9.17, 15) is 4.91 Å². The Labute approximate surface area is 45.9 Å². The summed E-state index contributed by atoms with van der Waals surface area (Å²) in [7, 11) is -3.98. The Balaban J connectivity index is 3.53. The Morgan fingerprint density at radius 2 is 2.25 bits per heavy atom. The van der Waals surface area contributed by atoms with E-state index in [0.29, 0.717) is 0 Å². The summed E-state index contributed by atoms with van der Waals surface area (Å²) in [6.07, 6.45) is 0. The maximum absolute atomic E-state index is 9.34. The first-order chi connectivity index (χ1) is 3.62. The molecule has 0 atom stereocenters. The van der Waals surface area contributed by atoms with Gasteiger partial charge in [-0.3, -0.25) is 0 Å². The van der Waals surface area contributed by atoms with Crippen molar-refractivity contribution in [3.63, 3.8) is 0 Å². The minimum atomic E-state index is -3.98. The van der Waals surface area contributed by atoms with Crippen molar-refractivity contribution in [2.24, 2.45) is 10.7 Å². The molecule has 0 unspecified atom stereocenters. The standard InChI is InChI=1S/CH6N2O4P/c2-1-7-8(5,6)3-4/h5-6H,1-2H2/q+1. The minimum Gasteiger partial charge on any atom is -0.305 e. The molecule has 0 radical (unpaired) electrons. The van der Waals surface area contributed by atoms with Gasteiger partial charge in [-0.2, -0.15) is 9.79 Å². The predicted octanol–water partition coefficient (Wildman–Crippen LogP) is -0.652. The van der Waals surface area contributed by atoms with Crippen LogP contribution in [-0.2, 0) is 4.52 Å². The monoisotopic (exact) mass is 141 g/mol. The van der Waals surface area contributed by atoms with E-state index in [4.69, 9.17) is 9.79 Å². The summed E-state index contributed by atoms with van der Waals surface area (Å²) >= 11 is 0. The number of nitroso groups, excluding NO2 is 1. The van der Waals surface area contributed by atoms with Gasteiger partial charge >= 0.3 is 8.09 Å². The third kappa shape index (κ3) is 2.95. The third-order valence-corrected chi connectivity index (χ3v) is 1.06. The van der Waals surface area contributed by atoms with Gasteiger partial charge in [0.1, 0.15) is 6.73 Å². The lowest BCUT2D eigenvalue weighted by molar-refractivity contribution is 0.236. The first-order valence-corrected chi connectivity index (χ1v) is 3.23. The summed E-state index contributed by atoms with van der Waals surface area (Å²) in [6, 6.07) is 0. The second-order valence-electron chi connectivity index (χ2n) is 0.891. The maximum Gasteiger partial charge on any atom is 0.590 e. The SMILES string of the molecule is NCO[P+](O)(O)N=O. The fourth-order valence-corrected chi connectivity index (χ4v) is 0.371. The average molecular weight is 141 g/mol. The smallest absolute Gasteiger partial charge is 0.305 e. The highest BCUT2D eigenvalue weighted by atomic mass is 31.2. The molecule has 0 heterocycles. The molecule has 0 saturated carbocycles. The molecule has 0 spiro atoms. The van der Waals surface area contributed by atoms with Crippen molar-refractivity contribution in [3.8, 4) is 0 Å². The summed E-state index contributed by atoms with van der Waals surface area (Å²) in [5.41, 5.74) is 4.68. The van der Waals surface area contributed by atoms with Crippen LogP contribution in [0.15, 0.2) is 4.95 Å². The van der Waals surface area contributed by atoms with Gasteiger partial charge in [0.25, 0.3) is 0 Å². The highest BCUT2D eigenvalue weighted by Gasteiger charge is 2.38. The Bertz CT molecular complexity index is 84.1. The predicted molar refractivity (Wildman–Crippen MR) is 27.3 cm³/mol. The molecule has 0 amide bonds. The number of hydrogen-bond acceptors (Lipinski definition) is 6. The molecule has 48 valence electrons. The molecule has 7 heteroatoms. The van der Waals surface area contributed by atoms with E-state index in [1.54, 1.807) is 0 Å². The van der Waals surface area contributed by atoms with Crippen LogP contribution in [0.2, 0.25) is 0 Å². The molecule has 0 aliphatic carbocycles. The molecule has 0 saturated heterocycles. The van der Waals surface area contributed by atoms with Crippen LogP contribution in [0.1, 0.15) is 0 Å². The van der Waals surface area contributed by atoms with E-state index in [1.165, 1.54) is 0 Å². The van der Waals surface area contributed by atoms with Crippen molar-refractivity contribution < 1.29 is 14.3 Å². The van der Waals surface area contributed by atoms with E-state index >= 15 is 0 Å². The second kappa shape index (κ2) is 3.01. The second-order valence-corrected chi connectivity index (χ2v) is 2.34. The zero-order chi connectivity index (χ0) is 6.62. The lowest BCUT2D eigenvalue weighted by Gasteiger charge is -1.95. The Morgan fingerprint density at radius 3 is 2.38 bits per heavy atom. The zero-order valence-electron chi connectivity index (χ0n) is 3.89. The highest BCUT2D eigenvalue weighted by molar-refractivity contribution is 7.58. The largest absolute Gasteiger partial charge is 0.590 e. The van der Waals surface area contributed by atoms with Gasteiger partial charge in [-0.05, 0) is 0 Å². The van der Waals surface area contributed by atoms with Gasteiger partial charge in [-0.25, -0.2) is 0 Å². The van der Waals surface area contributed by atoms with Crippen molar-refractivity contribution in [1.82, 2.24) is 0 Å². The molecule has 4 N–H and O–H groups in total. The Morgan fingerprint density at radius 1 is 1.75 bits per heavy atom. The van der Waals surface area contributed by atoms with Crippen LogP contribution in [0.4, 0.5) is 0 Å². The zero-order valence-corrected chi connectivity index (χ0v) is 4.78. The molecule has 0 aromatic heterocycles. The van der Waals surface area contributed by atoms with Gasteiger partial charge in [0.15, 0.2) is 4.95 Å². The van der Waals surface area contributed by atoms with Crippen LogP contribution in [0.3, 0.4) is 0 Å². The number of rotatable bonds is 3. The van der Waals surface area contributed by atoms with Crippen molar-refractivity contribution >= 4 is 8.09 Å². The van der Waals surface area contributed by atoms with Crippen LogP contribution in [0.5, 0.6) is 0 Å². The number of nitrogens with two attached hydrogens (primary N) is 1. The van der Waals surface area contributed by atoms with Crippen LogP contribution in [0, 0.1) is 4.91 Å². The molecule has 6 nitrogen and oxygen atoms in total. The van der Waals surface area contributed by atoms with Gasteiger partial charge in [0.2, 0.25) is 0 Å². The summed E-state index contributed by atoms with van der Waals surface area (Å²) in [6.45, 7) is -0.424. The van der Waals surface area contributed by atoms with Gasteiger partial charge in [-0.15, -0.1) is 4.52 Å². The molecule has 0 aliphatic heterocycles. The van der Waals surface area contributed by atoms with Gasteiger partial charge in [0.05, 0.1) is 0 Å². The molecule has 0 rings (SSSR count). The molecule has 0 aromatic carbocycles. The molecule has 0 aromatic rings. The third-order valence-electron chi connectivity index (χ3n) is 0.354. The van der Waals surface area contributed by atoms with Crippen LogP contribution in [0.25, 0.3) is 0 Å². The summed E-state index contributed by atoms with van der Waals surface area (Å²) in [4.78, 5) is 27.6. The normalized spacial score (nSPS) is 11.4. The van der Waals surface area contributed by atoms with E-state index in [0.717, 1.165) is 0 Å². The first-order valence-electron chi connectivity index (χ1n) is 1.66. The first kappa shape index (κ1) is 7.87. The van der Waals surface area contributed by atoms with Crippen molar-refractivity contribution in [3.05, 3.63) is 4.91 Å². The van der Waals surface area contributed by atoms with Crippen molar-refractivity contribution in [1.29, 1.82) is 0 Å². The Hall–Kier alpha value is -0.130. The summed E-state index contributed by atoms with van der Waals surface area (Å²) in [5.74, 6) is 0. The van der Waals surface area contributed by atoms with E-state index in [1.807, 2.05) is 4.95 Å². The van der Waals surface area contributed by atoms with E-state index < -0.39 is 14.8 Å². The van der Waals surface area contributed by atoms with E-state index in [-0.39, 0.29) is 0 Å². The average Bonchev–Trinajstić information content (AvgIpc) is 1.67. The van der Waals surface area contributed by atoms with Crippen LogP contribution < -0.4 is 5.73 Å². The summed E-state index contributed by atoms with van der Waals surface area (Å²) < 4.78 is 3.90. The Kier molecular flexibility index (Phi) is 2.96.